The van der Waals surface area contributed by atoms with E-state index in [0.29, 0.717) is 23.5 Å². The average molecular weight is 465 g/mol. The van der Waals surface area contributed by atoms with Gasteiger partial charge < -0.3 is 21.5 Å². The van der Waals surface area contributed by atoms with Gasteiger partial charge in [0.25, 0.3) is 0 Å². The molecule has 4 heterocycles. The topological polar surface area (TPSA) is 109 Å². The second-order valence-electron chi connectivity index (χ2n) is 7.73. The van der Waals surface area contributed by atoms with Crippen LogP contribution in [0.25, 0.3) is 11.1 Å². The summed E-state index contributed by atoms with van der Waals surface area (Å²) in [6.07, 6.45) is 1.78. The van der Waals surface area contributed by atoms with E-state index in [9.17, 15) is 18.3 Å². The lowest BCUT2D eigenvalue weighted by Crippen LogP contribution is -2.56. The molecule has 3 aromatic rings. The van der Waals surface area contributed by atoms with Gasteiger partial charge in [-0.3, -0.25) is 4.98 Å². The van der Waals surface area contributed by atoms with E-state index < -0.39 is 17.8 Å². The summed E-state index contributed by atoms with van der Waals surface area (Å²) in [5, 5.41) is 18.2. The third-order valence-electron chi connectivity index (χ3n) is 5.49. The molecule has 1 fully saturated rings. The highest BCUT2D eigenvalue weighted by Crippen LogP contribution is 2.36. The zero-order valence-electron chi connectivity index (χ0n) is 17.0. The Morgan fingerprint density at radius 1 is 1.22 bits per heavy atom. The number of nitrogens with one attached hydrogen (secondary N) is 2. The lowest BCUT2D eigenvalue weighted by molar-refractivity contribution is -0.137. The lowest BCUT2D eigenvalue weighted by atomic mass is 9.94. The van der Waals surface area contributed by atoms with Crippen LogP contribution < -0.4 is 16.4 Å². The van der Waals surface area contributed by atoms with Crippen LogP contribution >= 0.6 is 11.3 Å². The van der Waals surface area contributed by atoms with Crippen LogP contribution in [0.3, 0.4) is 0 Å². The molecular weight excluding hydrogens is 441 g/mol. The number of thiophene rings is 1. The van der Waals surface area contributed by atoms with E-state index in [-0.39, 0.29) is 24.7 Å². The van der Waals surface area contributed by atoms with Gasteiger partial charge in [0.15, 0.2) is 0 Å². The Morgan fingerprint density at radius 2 is 2.00 bits per heavy atom. The van der Waals surface area contributed by atoms with Crippen LogP contribution in [0.5, 0.6) is 0 Å². The van der Waals surface area contributed by atoms with Crippen LogP contribution in [0.2, 0.25) is 0 Å². The molecule has 1 saturated heterocycles. The molecule has 1 aliphatic heterocycles. The molecule has 0 bridgehead atoms. The fourth-order valence-corrected chi connectivity index (χ4v) is 4.66. The van der Waals surface area contributed by atoms with Crippen molar-refractivity contribution in [1.29, 1.82) is 0 Å². The van der Waals surface area contributed by atoms with Gasteiger partial charge >= 0.3 is 6.18 Å². The molecule has 0 aliphatic carbocycles. The first-order valence-corrected chi connectivity index (χ1v) is 11.0. The van der Waals surface area contributed by atoms with Crippen molar-refractivity contribution in [1.82, 2.24) is 25.6 Å². The van der Waals surface area contributed by atoms with Crippen molar-refractivity contribution in [3.8, 4) is 11.1 Å². The summed E-state index contributed by atoms with van der Waals surface area (Å²) >= 11 is 1.09. The van der Waals surface area contributed by atoms with E-state index in [1.807, 2.05) is 6.07 Å². The molecule has 11 heteroatoms. The van der Waals surface area contributed by atoms with Crippen LogP contribution in [0.4, 0.5) is 13.2 Å². The van der Waals surface area contributed by atoms with Crippen molar-refractivity contribution >= 4 is 11.3 Å². The Morgan fingerprint density at radius 3 is 2.66 bits per heavy atom. The molecule has 4 unspecified atom stereocenters. The molecule has 4 atom stereocenters. The number of nitrogens with two attached hydrogens (primary N) is 1. The van der Waals surface area contributed by atoms with Gasteiger partial charge in [0.2, 0.25) is 0 Å². The number of nitrogens with zero attached hydrogens (tertiary/aromatic N) is 3. The van der Waals surface area contributed by atoms with Crippen LogP contribution in [0.15, 0.2) is 48.5 Å². The quantitative estimate of drug-likeness (QED) is 0.444. The molecule has 0 spiro atoms. The van der Waals surface area contributed by atoms with E-state index in [4.69, 9.17) is 5.73 Å². The van der Waals surface area contributed by atoms with Crippen molar-refractivity contribution in [3.05, 3.63) is 64.6 Å². The van der Waals surface area contributed by atoms with Crippen LogP contribution in [-0.2, 0) is 6.18 Å². The first-order valence-electron chi connectivity index (χ1n) is 10.1. The summed E-state index contributed by atoms with van der Waals surface area (Å²) in [6.45, 7) is 0.688. The molecule has 0 radical (unpaired) electrons. The molecule has 0 saturated carbocycles. The zero-order chi connectivity index (χ0) is 22.7. The van der Waals surface area contributed by atoms with Crippen molar-refractivity contribution in [2.24, 2.45) is 5.73 Å². The SMILES string of the molecule is NC1CNC(c2cc(C(F)(F)F)cs2)CC1NCC(O)c1ccc(-c2cncnc2)cn1. The number of halogens is 3. The standard InChI is InChI=1S/C21H23F3N6OS/c22-21(23,24)14-3-20(32-10-14)18-4-17(15(25)8-29-18)30-9-19(31)16-2-1-12(7-28-16)13-5-26-11-27-6-13/h1-3,5-7,10-11,15,17-19,29-31H,4,8-9,25H2. The number of piperidine rings is 1. The van der Waals surface area contributed by atoms with Gasteiger partial charge in [-0.15, -0.1) is 11.3 Å². The monoisotopic (exact) mass is 464 g/mol. The summed E-state index contributed by atoms with van der Waals surface area (Å²) < 4.78 is 38.7. The number of aromatic nitrogens is 3. The summed E-state index contributed by atoms with van der Waals surface area (Å²) in [7, 11) is 0. The Bertz CT molecular complexity index is 1010. The number of pyridine rings is 1. The van der Waals surface area contributed by atoms with Gasteiger partial charge in [0, 0.05) is 71.2 Å². The Labute approximate surface area is 186 Å². The fourth-order valence-electron chi connectivity index (χ4n) is 3.66. The van der Waals surface area contributed by atoms with Gasteiger partial charge in [-0.2, -0.15) is 13.2 Å². The van der Waals surface area contributed by atoms with Crippen molar-refractivity contribution < 1.29 is 18.3 Å². The molecule has 0 amide bonds. The van der Waals surface area contributed by atoms with Crippen LogP contribution in [-0.4, -0.2) is 45.2 Å². The molecule has 0 aromatic carbocycles. The molecule has 3 aromatic heterocycles. The Balaban J connectivity index is 1.35. The van der Waals surface area contributed by atoms with E-state index >= 15 is 0 Å². The molecule has 1 aliphatic rings. The predicted molar refractivity (Wildman–Crippen MR) is 115 cm³/mol. The number of alkyl halides is 3. The molecule has 170 valence electrons. The van der Waals surface area contributed by atoms with Gasteiger partial charge in [-0.05, 0) is 18.6 Å². The molecular formula is C21H23F3N6OS. The van der Waals surface area contributed by atoms with E-state index in [1.165, 1.54) is 12.4 Å². The summed E-state index contributed by atoms with van der Waals surface area (Å²) in [5.41, 5.74) is 7.73. The highest BCUT2D eigenvalue weighted by Gasteiger charge is 2.34. The van der Waals surface area contributed by atoms with Crippen LogP contribution in [0, 0.1) is 0 Å². The van der Waals surface area contributed by atoms with Crippen LogP contribution in [0.1, 0.15) is 34.7 Å². The Kier molecular flexibility index (Phi) is 6.82. The number of hydrogen-bond donors (Lipinski definition) is 4. The molecule has 7 nitrogen and oxygen atoms in total. The molecule has 5 N–H and O–H groups in total. The largest absolute Gasteiger partial charge is 0.417 e. The van der Waals surface area contributed by atoms with Gasteiger partial charge in [-0.1, -0.05) is 6.07 Å². The maximum atomic E-state index is 12.9. The normalized spacial score (nSPS) is 22.6. The smallest absolute Gasteiger partial charge is 0.385 e. The predicted octanol–water partition coefficient (Wildman–Crippen LogP) is 2.67. The summed E-state index contributed by atoms with van der Waals surface area (Å²) in [5.74, 6) is 0. The fraction of sp³-hybridized carbons (Fsp3) is 0.381. The van der Waals surface area contributed by atoms with Gasteiger partial charge in [0.1, 0.15) is 12.4 Å². The first-order chi connectivity index (χ1) is 15.3. The summed E-state index contributed by atoms with van der Waals surface area (Å²) in [6, 6.07) is 4.15. The van der Waals surface area contributed by atoms with Crippen molar-refractivity contribution in [3.63, 3.8) is 0 Å². The van der Waals surface area contributed by atoms with Gasteiger partial charge in [-0.25, -0.2) is 9.97 Å². The van der Waals surface area contributed by atoms with Crippen molar-refractivity contribution in [2.75, 3.05) is 13.1 Å². The second kappa shape index (κ2) is 9.59. The van der Waals surface area contributed by atoms with Gasteiger partial charge in [0.05, 0.1) is 11.3 Å². The Hall–Kier alpha value is -2.44. The lowest BCUT2D eigenvalue weighted by Gasteiger charge is -2.35. The molecule has 32 heavy (non-hydrogen) atoms. The van der Waals surface area contributed by atoms with Crippen molar-refractivity contribution in [2.45, 2.75) is 36.8 Å². The maximum absolute atomic E-state index is 12.9. The first kappa shape index (κ1) is 22.7. The van der Waals surface area contributed by atoms with E-state index in [2.05, 4.69) is 25.6 Å². The third kappa shape index (κ3) is 5.30. The zero-order valence-corrected chi connectivity index (χ0v) is 17.8. The minimum Gasteiger partial charge on any atom is -0.385 e. The molecule has 4 rings (SSSR count). The number of aliphatic hydroxyl groups is 1. The number of rotatable bonds is 6. The maximum Gasteiger partial charge on any atom is 0.417 e. The highest BCUT2D eigenvalue weighted by atomic mass is 32.1. The average Bonchev–Trinajstić information content (AvgIpc) is 3.30. The minimum atomic E-state index is -4.35. The second-order valence-corrected chi connectivity index (χ2v) is 8.67. The van der Waals surface area contributed by atoms with E-state index in [1.54, 1.807) is 24.7 Å². The third-order valence-corrected chi connectivity index (χ3v) is 6.54. The van der Waals surface area contributed by atoms with E-state index in [0.717, 1.165) is 27.8 Å². The minimum absolute atomic E-state index is 0.159. The highest BCUT2D eigenvalue weighted by molar-refractivity contribution is 7.10. The summed E-state index contributed by atoms with van der Waals surface area (Å²) in [4.78, 5) is 12.9. The number of hydrogen-bond acceptors (Lipinski definition) is 8. The number of aliphatic hydroxyl groups excluding tert-OH is 1.